The second-order valence-electron chi connectivity index (χ2n) is 6.69. The normalized spacial score (nSPS) is 24.2. The van der Waals surface area contributed by atoms with E-state index in [0.717, 1.165) is 9.13 Å². The number of carbonyl (C=O) groups is 1. The van der Waals surface area contributed by atoms with Gasteiger partial charge in [-0.2, -0.15) is 9.97 Å². The Bertz CT molecular complexity index is 1080. The van der Waals surface area contributed by atoms with Gasteiger partial charge in [0.1, 0.15) is 23.4 Å². The number of halogens is 2. The Morgan fingerprint density at radius 3 is 2.83 bits per heavy atom. The standard InChI is InChI=1S/C18H17ClIN5O3S/c1-8(26)14-12(27)13(28)17(29-14)25-7-22-11-15(23-18(19)24-16(11)25)21-6-9-3-2-4-10(20)5-9/h2-5,7,12-14,17,27-28H,6H2,1H3,(H,21,23,24). The Kier molecular flexibility index (Phi) is 5.98. The highest BCUT2D eigenvalue weighted by atomic mass is 127. The predicted octanol–water partition coefficient (Wildman–Crippen LogP) is 2.62. The molecule has 11 heteroatoms. The quantitative estimate of drug-likeness (QED) is 0.331. The van der Waals surface area contributed by atoms with Crippen molar-refractivity contribution >= 4 is 68.7 Å². The summed E-state index contributed by atoms with van der Waals surface area (Å²) < 4.78 is 2.75. The number of aliphatic hydroxyl groups is 2. The fraction of sp³-hybridized carbons (Fsp3) is 0.333. The molecule has 1 fully saturated rings. The average Bonchev–Trinajstić information content (AvgIpc) is 3.21. The van der Waals surface area contributed by atoms with Gasteiger partial charge < -0.3 is 15.5 Å². The Labute approximate surface area is 189 Å². The molecule has 2 aromatic heterocycles. The fourth-order valence-electron chi connectivity index (χ4n) is 3.26. The highest BCUT2D eigenvalue weighted by molar-refractivity contribution is 14.1. The summed E-state index contributed by atoms with van der Waals surface area (Å²) in [6, 6.07) is 8.05. The molecule has 4 atom stereocenters. The van der Waals surface area contributed by atoms with Crippen LogP contribution in [-0.4, -0.2) is 53.0 Å². The maximum Gasteiger partial charge on any atom is 0.226 e. The number of hydrogen-bond acceptors (Lipinski definition) is 8. The molecular formula is C18H17ClIN5O3S. The van der Waals surface area contributed by atoms with Crippen molar-refractivity contribution in [2.45, 2.75) is 36.3 Å². The SMILES string of the molecule is CC(=O)C1SC(n2cnc3c(NCc4cccc(I)c4)nc(Cl)nc32)C(O)C1O. The second-order valence-corrected chi connectivity index (χ2v) is 9.53. The summed E-state index contributed by atoms with van der Waals surface area (Å²) in [5.74, 6) is 0.278. The van der Waals surface area contributed by atoms with Crippen molar-refractivity contribution in [2.24, 2.45) is 0 Å². The first-order chi connectivity index (χ1) is 13.8. The topological polar surface area (TPSA) is 113 Å². The zero-order chi connectivity index (χ0) is 20.7. The molecule has 4 unspecified atom stereocenters. The summed E-state index contributed by atoms with van der Waals surface area (Å²) in [5, 5.41) is 22.6. The van der Waals surface area contributed by atoms with Crippen LogP contribution in [0.5, 0.6) is 0 Å². The van der Waals surface area contributed by atoms with Crippen LogP contribution >= 0.6 is 46.0 Å². The van der Waals surface area contributed by atoms with Crippen molar-refractivity contribution < 1.29 is 15.0 Å². The Hall–Kier alpha value is -1.47. The Morgan fingerprint density at radius 2 is 2.14 bits per heavy atom. The van der Waals surface area contributed by atoms with E-state index in [2.05, 4.69) is 48.9 Å². The smallest absolute Gasteiger partial charge is 0.226 e. The van der Waals surface area contributed by atoms with Gasteiger partial charge in [-0.15, -0.1) is 11.8 Å². The molecule has 0 aliphatic carbocycles. The molecule has 0 amide bonds. The lowest BCUT2D eigenvalue weighted by molar-refractivity contribution is -0.119. The molecule has 0 spiro atoms. The third-order valence-electron chi connectivity index (χ3n) is 4.66. The number of anilines is 1. The Morgan fingerprint density at radius 1 is 1.34 bits per heavy atom. The van der Waals surface area contributed by atoms with Crippen LogP contribution in [0.15, 0.2) is 30.6 Å². The van der Waals surface area contributed by atoms with E-state index in [0.29, 0.717) is 23.5 Å². The Balaban J connectivity index is 1.66. The molecule has 0 saturated carbocycles. The number of carbonyl (C=O) groups excluding carboxylic acids is 1. The molecule has 1 aromatic carbocycles. The minimum Gasteiger partial charge on any atom is -0.389 e. The van der Waals surface area contributed by atoms with Crippen molar-refractivity contribution in [1.82, 2.24) is 19.5 Å². The fourth-order valence-corrected chi connectivity index (χ4v) is 5.45. The van der Waals surface area contributed by atoms with Gasteiger partial charge in [0.25, 0.3) is 0 Å². The zero-order valence-electron chi connectivity index (χ0n) is 15.2. The first kappa shape index (κ1) is 20.8. The third-order valence-corrected chi connectivity index (χ3v) is 7.19. The highest BCUT2D eigenvalue weighted by Gasteiger charge is 2.46. The molecule has 152 valence electrons. The van der Waals surface area contributed by atoms with Gasteiger partial charge in [-0.1, -0.05) is 12.1 Å². The number of thioether (sulfide) groups is 1. The first-order valence-corrected chi connectivity index (χ1v) is 11.2. The number of aromatic nitrogens is 4. The van der Waals surface area contributed by atoms with E-state index < -0.39 is 22.8 Å². The van der Waals surface area contributed by atoms with E-state index in [1.807, 2.05) is 18.2 Å². The van der Waals surface area contributed by atoms with Crippen LogP contribution in [0.25, 0.3) is 11.2 Å². The third kappa shape index (κ3) is 4.08. The number of nitrogens with one attached hydrogen (secondary N) is 1. The summed E-state index contributed by atoms with van der Waals surface area (Å²) >= 11 is 9.57. The van der Waals surface area contributed by atoms with Crippen LogP contribution in [0.1, 0.15) is 17.9 Å². The summed E-state index contributed by atoms with van der Waals surface area (Å²) in [5.41, 5.74) is 1.99. The first-order valence-electron chi connectivity index (χ1n) is 8.75. The van der Waals surface area contributed by atoms with E-state index in [1.165, 1.54) is 25.0 Å². The lowest BCUT2D eigenvalue weighted by Gasteiger charge is -2.17. The van der Waals surface area contributed by atoms with Gasteiger partial charge in [-0.05, 0) is 58.8 Å². The monoisotopic (exact) mass is 545 g/mol. The molecular weight excluding hydrogens is 529 g/mol. The highest BCUT2D eigenvalue weighted by Crippen LogP contribution is 2.43. The van der Waals surface area contributed by atoms with Crippen LogP contribution in [-0.2, 0) is 11.3 Å². The zero-order valence-corrected chi connectivity index (χ0v) is 18.9. The molecule has 3 N–H and O–H groups in total. The van der Waals surface area contributed by atoms with Crippen molar-refractivity contribution in [3.05, 3.63) is 45.0 Å². The van der Waals surface area contributed by atoms with Gasteiger partial charge in [-0.25, -0.2) is 4.98 Å². The molecule has 1 saturated heterocycles. The van der Waals surface area contributed by atoms with Gasteiger partial charge in [0.2, 0.25) is 5.28 Å². The van der Waals surface area contributed by atoms with E-state index in [-0.39, 0.29) is 11.1 Å². The summed E-state index contributed by atoms with van der Waals surface area (Å²) in [6.45, 7) is 1.92. The molecule has 0 radical (unpaired) electrons. The molecule has 1 aliphatic heterocycles. The number of hydrogen-bond donors (Lipinski definition) is 3. The van der Waals surface area contributed by atoms with Crippen LogP contribution in [0.2, 0.25) is 5.28 Å². The van der Waals surface area contributed by atoms with Gasteiger partial charge in [0, 0.05) is 10.1 Å². The molecule has 3 heterocycles. The number of aliphatic hydroxyl groups excluding tert-OH is 2. The van der Waals surface area contributed by atoms with Crippen molar-refractivity contribution in [3.8, 4) is 0 Å². The molecule has 8 nitrogen and oxygen atoms in total. The number of rotatable bonds is 5. The van der Waals surface area contributed by atoms with Gasteiger partial charge >= 0.3 is 0 Å². The number of benzene rings is 1. The minimum atomic E-state index is -1.16. The lowest BCUT2D eigenvalue weighted by atomic mass is 10.1. The van der Waals surface area contributed by atoms with Crippen LogP contribution in [0.3, 0.4) is 0 Å². The van der Waals surface area contributed by atoms with E-state index >= 15 is 0 Å². The van der Waals surface area contributed by atoms with E-state index in [1.54, 1.807) is 4.57 Å². The largest absolute Gasteiger partial charge is 0.389 e. The van der Waals surface area contributed by atoms with Crippen LogP contribution < -0.4 is 5.32 Å². The summed E-state index contributed by atoms with van der Waals surface area (Å²) in [7, 11) is 0. The second kappa shape index (κ2) is 8.34. The van der Waals surface area contributed by atoms with Gasteiger partial charge in [-0.3, -0.25) is 9.36 Å². The maximum atomic E-state index is 11.8. The van der Waals surface area contributed by atoms with Gasteiger partial charge in [0.05, 0.1) is 11.6 Å². The number of fused-ring (bicyclic) bond motifs is 1. The number of imidazole rings is 1. The van der Waals surface area contributed by atoms with Crippen molar-refractivity contribution in [1.29, 1.82) is 0 Å². The number of ketones is 1. The molecule has 29 heavy (non-hydrogen) atoms. The van der Waals surface area contributed by atoms with E-state index in [9.17, 15) is 15.0 Å². The average molecular weight is 546 g/mol. The van der Waals surface area contributed by atoms with Crippen molar-refractivity contribution in [2.75, 3.05) is 5.32 Å². The van der Waals surface area contributed by atoms with Gasteiger partial charge in [0.15, 0.2) is 17.0 Å². The molecule has 4 rings (SSSR count). The molecule has 0 bridgehead atoms. The summed E-state index contributed by atoms with van der Waals surface area (Å²) in [6.07, 6.45) is -0.777. The maximum absolute atomic E-state index is 11.8. The van der Waals surface area contributed by atoms with Crippen molar-refractivity contribution in [3.63, 3.8) is 0 Å². The van der Waals surface area contributed by atoms with E-state index in [4.69, 9.17) is 11.6 Å². The lowest BCUT2D eigenvalue weighted by Crippen LogP contribution is -2.34. The minimum absolute atomic E-state index is 0.0329. The number of Topliss-reactive ketones (excluding diaryl/α,β-unsaturated/α-hetero) is 1. The molecule has 3 aromatic rings. The summed E-state index contributed by atoms with van der Waals surface area (Å²) in [4.78, 5) is 24.7. The van der Waals surface area contributed by atoms with Crippen LogP contribution in [0.4, 0.5) is 5.82 Å². The molecule has 1 aliphatic rings. The number of nitrogens with zero attached hydrogens (tertiary/aromatic N) is 4. The predicted molar refractivity (Wildman–Crippen MR) is 120 cm³/mol. The van der Waals surface area contributed by atoms with Crippen LogP contribution in [0, 0.1) is 3.57 Å².